The maximum absolute atomic E-state index is 9.16. The molecule has 0 radical (unpaired) electrons. The predicted octanol–water partition coefficient (Wildman–Crippen LogP) is 1.49. The summed E-state index contributed by atoms with van der Waals surface area (Å²) in [5.74, 6) is 0. The monoisotopic (exact) mass is 145 g/mol. The zero-order valence-electron chi connectivity index (χ0n) is 7.06. The van der Waals surface area contributed by atoms with Crippen molar-refractivity contribution in [2.45, 2.75) is 45.8 Å². The van der Waals surface area contributed by atoms with Gasteiger partial charge in [0.2, 0.25) is 0 Å². The molecule has 0 saturated heterocycles. The average Bonchev–Trinajstić information content (AvgIpc) is 1.89. The molecule has 0 fully saturated rings. The fraction of sp³-hybridized carbons (Fsp3) is 1.00. The van der Waals surface area contributed by atoms with Crippen LogP contribution in [0.5, 0.6) is 0 Å². The van der Waals surface area contributed by atoms with Crippen molar-refractivity contribution in [1.29, 1.82) is 0 Å². The summed E-state index contributed by atoms with van der Waals surface area (Å²) in [5, 5.41) is 12.1. The summed E-state index contributed by atoms with van der Waals surface area (Å²) >= 11 is 0. The molecule has 2 nitrogen and oxygen atoms in total. The number of aliphatic hydroxyl groups excluding tert-OH is 1. The number of nitrogens with one attached hydrogen (secondary N) is 1. The van der Waals surface area contributed by atoms with Gasteiger partial charge in [0.25, 0.3) is 0 Å². The van der Waals surface area contributed by atoms with Crippen LogP contribution in [0, 0.1) is 0 Å². The summed E-state index contributed by atoms with van der Waals surface area (Å²) in [6.45, 7) is 5.02. The maximum atomic E-state index is 9.16. The summed E-state index contributed by atoms with van der Waals surface area (Å²) in [6.07, 6.45) is 4.18. The van der Waals surface area contributed by atoms with Gasteiger partial charge in [-0.3, -0.25) is 5.32 Å². The molecule has 2 N–H and O–H groups in total. The van der Waals surface area contributed by atoms with Crippen LogP contribution < -0.4 is 5.32 Å². The molecule has 0 aromatic rings. The van der Waals surface area contributed by atoms with Gasteiger partial charge in [0.05, 0.1) is 0 Å². The molecule has 0 saturated carbocycles. The molecule has 0 aliphatic heterocycles. The van der Waals surface area contributed by atoms with Crippen molar-refractivity contribution in [3.8, 4) is 0 Å². The highest BCUT2D eigenvalue weighted by atomic mass is 16.3. The summed E-state index contributed by atoms with van der Waals surface area (Å²) in [4.78, 5) is 0. The molecule has 0 heterocycles. The van der Waals surface area contributed by atoms with Gasteiger partial charge in [0.15, 0.2) is 0 Å². The van der Waals surface area contributed by atoms with Gasteiger partial charge in [0.1, 0.15) is 6.23 Å². The number of aliphatic hydroxyl groups is 1. The topological polar surface area (TPSA) is 32.3 Å². The fourth-order valence-corrected chi connectivity index (χ4v) is 0.925. The van der Waals surface area contributed by atoms with Crippen molar-refractivity contribution < 1.29 is 5.11 Å². The third-order valence-electron chi connectivity index (χ3n) is 1.52. The van der Waals surface area contributed by atoms with E-state index < -0.39 is 0 Å². The Morgan fingerprint density at radius 1 is 1.30 bits per heavy atom. The van der Waals surface area contributed by atoms with Crippen LogP contribution in [0.25, 0.3) is 0 Å². The van der Waals surface area contributed by atoms with E-state index in [0.29, 0.717) is 0 Å². The Kier molecular flexibility index (Phi) is 6.98. The molecule has 1 atom stereocenters. The van der Waals surface area contributed by atoms with Crippen LogP contribution in [0.2, 0.25) is 0 Å². The average molecular weight is 145 g/mol. The van der Waals surface area contributed by atoms with Gasteiger partial charge in [-0.15, -0.1) is 0 Å². The van der Waals surface area contributed by atoms with Gasteiger partial charge in [-0.2, -0.15) is 0 Å². The molecule has 0 bridgehead atoms. The summed E-state index contributed by atoms with van der Waals surface area (Å²) in [5.41, 5.74) is 0. The molecule has 10 heavy (non-hydrogen) atoms. The van der Waals surface area contributed by atoms with E-state index in [0.717, 1.165) is 19.4 Å². The van der Waals surface area contributed by atoms with Crippen molar-refractivity contribution in [3.05, 3.63) is 0 Å². The quantitative estimate of drug-likeness (QED) is 0.438. The van der Waals surface area contributed by atoms with Crippen molar-refractivity contribution in [2.24, 2.45) is 0 Å². The van der Waals surface area contributed by atoms with E-state index in [1.54, 1.807) is 0 Å². The Labute approximate surface area is 63.6 Å². The Morgan fingerprint density at radius 2 is 2.00 bits per heavy atom. The zero-order chi connectivity index (χ0) is 7.82. The van der Waals surface area contributed by atoms with Crippen molar-refractivity contribution in [1.82, 2.24) is 5.32 Å². The van der Waals surface area contributed by atoms with E-state index in [2.05, 4.69) is 12.2 Å². The molecule has 0 rings (SSSR count). The van der Waals surface area contributed by atoms with E-state index in [4.69, 9.17) is 5.11 Å². The van der Waals surface area contributed by atoms with Gasteiger partial charge in [0, 0.05) is 0 Å². The first kappa shape index (κ1) is 9.92. The Balaban J connectivity index is 2.97. The van der Waals surface area contributed by atoms with Gasteiger partial charge < -0.3 is 5.11 Å². The van der Waals surface area contributed by atoms with Crippen LogP contribution in [-0.2, 0) is 0 Å². The minimum atomic E-state index is -0.281. The largest absolute Gasteiger partial charge is 0.379 e. The lowest BCUT2D eigenvalue weighted by molar-refractivity contribution is 0.127. The molecule has 2 heteroatoms. The minimum Gasteiger partial charge on any atom is -0.379 e. The van der Waals surface area contributed by atoms with E-state index in [1.807, 2.05) is 6.92 Å². The summed E-state index contributed by atoms with van der Waals surface area (Å²) < 4.78 is 0. The third kappa shape index (κ3) is 6.05. The SMILES string of the molecule is CCCCCC(O)NCC. The second-order valence-electron chi connectivity index (χ2n) is 2.57. The van der Waals surface area contributed by atoms with Crippen LogP contribution in [-0.4, -0.2) is 17.9 Å². The van der Waals surface area contributed by atoms with Crippen molar-refractivity contribution in [2.75, 3.05) is 6.54 Å². The van der Waals surface area contributed by atoms with Gasteiger partial charge in [-0.1, -0.05) is 26.7 Å². The fourth-order valence-electron chi connectivity index (χ4n) is 0.925. The van der Waals surface area contributed by atoms with Crippen LogP contribution in [0.15, 0.2) is 0 Å². The van der Waals surface area contributed by atoms with Crippen LogP contribution >= 0.6 is 0 Å². The number of hydrogen-bond acceptors (Lipinski definition) is 2. The molecule has 0 spiro atoms. The highest BCUT2D eigenvalue weighted by Gasteiger charge is 1.98. The smallest absolute Gasteiger partial charge is 0.104 e. The highest BCUT2D eigenvalue weighted by molar-refractivity contribution is 4.50. The normalized spacial score (nSPS) is 13.5. The highest BCUT2D eigenvalue weighted by Crippen LogP contribution is 2.00. The van der Waals surface area contributed by atoms with E-state index in [1.165, 1.54) is 12.8 Å². The number of unbranched alkanes of at least 4 members (excludes halogenated alkanes) is 2. The van der Waals surface area contributed by atoms with E-state index in [9.17, 15) is 0 Å². The molecule has 1 unspecified atom stereocenters. The van der Waals surface area contributed by atoms with Crippen LogP contribution in [0.4, 0.5) is 0 Å². The maximum Gasteiger partial charge on any atom is 0.104 e. The third-order valence-corrected chi connectivity index (χ3v) is 1.52. The van der Waals surface area contributed by atoms with Gasteiger partial charge in [-0.25, -0.2) is 0 Å². The van der Waals surface area contributed by atoms with Crippen LogP contribution in [0.3, 0.4) is 0 Å². The lowest BCUT2D eigenvalue weighted by atomic mass is 10.2. The first-order valence-corrected chi connectivity index (χ1v) is 4.22. The molecular weight excluding hydrogens is 126 g/mol. The summed E-state index contributed by atoms with van der Waals surface area (Å²) in [6, 6.07) is 0. The Morgan fingerprint density at radius 3 is 2.50 bits per heavy atom. The second kappa shape index (κ2) is 7.03. The molecule has 0 aliphatic carbocycles. The molecule has 0 aromatic carbocycles. The van der Waals surface area contributed by atoms with Gasteiger partial charge >= 0.3 is 0 Å². The first-order valence-electron chi connectivity index (χ1n) is 4.22. The molecule has 0 aromatic heterocycles. The van der Waals surface area contributed by atoms with Crippen molar-refractivity contribution in [3.63, 3.8) is 0 Å². The lowest BCUT2D eigenvalue weighted by Crippen LogP contribution is -2.27. The Hall–Kier alpha value is -0.0800. The Bertz CT molecular complexity index is 66.3. The van der Waals surface area contributed by atoms with Crippen molar-refractivity contribution >= 4 is 0 Å². The number of hydrogen-bond donors (Lipinski definition) is 2. The minimum absolute atomic E-state index is 0.281. The zero-order valence-corrected chi connectivity index (χ0v) is 7.06. The molecular formula is C8H19NO. The second-order valence-corrected chi connectivity index (χ2v) is 2.57. The summed E-state index contributed by atoms with van der Waals surface area (Å²) in [7, 11) is 0. The lowest BCUT2D eigenvalue weighted by Gasteiger charge is -2.09. The van der Waals surface area contributed by atoms with Gasteiger partial charge in [-0.05, 0) is 19.4 Å². The number of rotatable bonds is 6. The predicted molar refractivity (Wildman–Crippen MR) is 43.8 cm³/mol. The van der Waals surface area contributed by atoms with Crippen LogP contribution in [0.1, 0.15) is 39.5 Å². The molecule has 0 aliphatic rings. The molecule has 0 amide bonds. The first-order chi connectivity index (χ1) is 4.81. The van der Waals surface area contributed by atoms with E-state index in [-0.39, 0.29) is 6.23 Å². The van der Waals surface area contributed by atoms with E-state index >= 15 is 0 Å². The standard InChI is InChI=1S/C8H19NO/c1-3-5-6-7-8(10)9-4-2/h8-10H,3-7H2,1-2H3. The molecule has 62 valence electrons.